The van der Waals surface area contributed by atoms with Crippen molar-refractivity contribution in [1.29, 1.82) is 0 Å². The van der Waals surface area contributed by atoms with E-state index in [1.54, 1.807) is 0 Å². The molecule has 0 saturated heterocycles. The third-order valence-electron chi connectivity index (χ3n) is 1.81. The number of nitrogens with one attached hydrogen (secondary N) is 1. The Bertz CT molecular complexity index is 224. The summed E-state index contributed by atoms with van der Waals surface area (Å²) in [4.78, 5) is 21.4. The lowest BCUT2D eigenvalue weighted by Crippen LogP contribution is -2.33. The number of aldehydes is 1. The fraction of sp³-hybridized carbons (Fsp3) is 0.818. The Kier molecular flexibility index (Phi) is 6.72. The van der Waals surface area contributed by atoms with E-state index >= 15 is 0 Å². The van der Waals surface area contributed by atoms with Gasteiger partial charge in [-0.1, -0.05) is 0 Å². The van der Waals surface area contributed by atoms with Crippen LogP contribution in [0.5, 0.6) is 0 Å². The van der Waals surface area contributed by atoms with Gasteiger partial charge in [-0.05, 0) is 40.0 Å². The van der Waals surface area contributed by atoms with Crippen LogP contribution in [0.1, 0.15) is 40.0 Å². The lowest BCUT2D eigenvalue weighted by Gasteiger charge is -2.19. The second-order valence-corrected chi connectivity index (χ2v) is 4.72. The van der Waals surface area contributed by atoms with Gasteiger partial charge in [-0.15, -0.1) is 0 Å². The number of hydrogen-bond acceptors (Lipinski definition) is 4. The summed E-state index contributed by atoms with van der Waals surface area (Å²) in [6, 6.07) is -0.387. The van der Waals surface area contributed by atoms with Crippen LogP contribution in [-0.2, 0) is 9.53 Å². The molecular formula is C11H22N2O3. The van der Waals surface area contributed by atoms with Crippen molar-refractivity contribution in [1.82, 2.24) is 5.32 Å². The third kappa shape index (κ3) is 9.45. The van der Waals surface area contributed by atoms with Crippen molar-refractivity contribution in [2.75, 3.05) is 6.54 Å². The highest BCUT2D eigenvalue weighted by Crippen LogP contribution is 2.06. The van der Waals surface area contributed by atoms with Gasteiger partial charge in [0.15, 0.2) is 0 Å². The maximum atomic E-state index is 11.2. The van der Waals surface area contributed by atoms with Crippen molar-refractivity contribution in [2.24, 2.45) is 5.73 Å². The molecule has 0 spiro atoms. The van der Waals surface area contributed by atoms with E-state index in [1.165, 1.54) is 0 Å². The topological polar surface area (TPSA) is 81.4 Å². The predicted octanol–water partition coefficient (Wildman–Crippen LogP) is 1.21. The van der Waals surface area contributed by atoms with Gasteiger partial charge in [0.2, 0.25) is 0 Å². The van der Waals surface area contributed by atoms with E-state index < -0.39 is 11.7 Å². The van der Waals surface area contributed by atoms with E-state index in [1.807, 2.05) is 20.8 Å². The minimum atomic E-state index is -0.468. The Morgan fingerprint density at radius 3 is 2.56 bits per heavy atom. The Balaban J connectivity index is 3.45. The normalized spacial score (nSPS) is 13.0. The van der Waals surface area contributed by atoms with Gasteiger partial charge in [0.25, 0.3) is 0 Å². The second kappa shape index (κ2) is 7.22. The van der Waals surface area contributed by atoms with E-state index in [0.29, 0.717) is 13.0 Å². The average Bonchev–Trinajstić information content (AvgIpc) is 2.14. The van der Waals surface area contributed by atoms with Gasteiger partial charge in [0, 0.05) is 6.54 Å². The number of rotatable bonds is 6. The lowest BCUT2D eigenvalue weighted by atomic mass is 10.1. The monoisotopic (exact) mass is 230 g/mol. The van der Waals surface area contributed by atoms with Crippen LogP contribution in [0.4, 0.5) is 4.79 Å². The average molecular weight is 230 g/mol. The molecule has 5 nitrogen and oxygen atoms in total. The van der Waals surface area contributed by atoms with Crippen LogP contribution in [0.25, 0.3) is 0 Å². The first kappa shape index (κ1) is 14.9. The quantitative estimate of drug-likeness (QED) is 0.531. The number of alkyl carbamates (subject to hydrolysis) is 1. The molecule has 0 aromatic carbocycles. The Hall–Kier alpha value is -1.10. The Labute approximate surface area is 96.7 Å². The smallest absolute Gasteiger partial charge is 0.407 e. The summed E-state index contributed by atoms with van der Waals surface area (Å²) in [5, 5.41) is 2.64. The Morgan fingerprint density at radius 1 is 1.44 bits per heavy atom. The van der Waals surface area contributed by atoms with Gasteiger partial charge in [0.05, 0.1) is 6.04 Å². The molecule has 0 rings (SSSR count). The molecule has 1 amide bonds. The van der Waals surface area contributed by atoms with Crippen LogP contribution in [0.15, 0.2) is 0 Å². The van der Waals surface area contributed by atoms with Crippen molar-refractivity contribution in [2.45, 2.75) is 51.7 Å². The highest BCUT2D eigenvalue weighted by molar-refractivity contribution is 5.67. The summed E-state index contributed by atoms with van der Waals surface area (Å²) in [6.45, 7) is 5.99. The molecule has 0 unspecified atom stereocenters. The first-order valence-electron chi connectivity index (χ1n) is 5.53. The molecule has 0 saturated carbocycles. The number of unbranched alkanes of at least 4 members (excludes halogenated alkanes) is 1. The molecule has 0 fully saturated rings. The molecule has 1 atom stereocenters. The summed E-state index contributed by atoms with van der Waals surface area (Å²) in [5.41, 5.74) is 4.95. The highest BCUT2D eigenvalue weighted by Gasteiger charge is 2.15. The molecule has 0 aliphatic rings. The molecule has 94 valence electrons. The maximum Gasteiger partial charge on any atom is 0.407 e. The largest absolute Gasteiger partial charge is 0.444 e. The first-order chi connectivity index (χ1) is 7.35. The molecule has 0 bridgehead atoms. The van der Waals surface area contributed by atoms with Crippen LogP contribution in [0.2, 0.25) is 0 Å². The van der Waals surface area contributed by atoms with E-state index in [4.69, 9.17) is 10.5 Å². The molecule has 0 heterocycles. The fourth-order valence-electron chi connectivity index (χ4n) is 1.08. The predicted molar refractivity (Wildman–Crippen MR) is 62.1 cm³/mol. The van der Waals surface area contributed by atoms with E-state index in [9.17, 15) is 9.59 Å². The SMILES string of the molecule is CC(C)(C)OC(=O)NCCCC[C@H](N)C=O. The molecule has 3 N–H and O–H groups in total. The highest BCUT2D eigenvalue weighted by atomic mass is 16.6. The number of amides is 1. The van der Waals surface area contributed by atoms with Gasteiger partial charge in [0.1, 0.15) is 11.9 Å². The summed E-state index contributed by atoms with van der Waals surface area (Å²) >= 11 is 0. The summed E-state index contributed by atoms with van der Waals surface area (Å²) in [5.74, 6) is 0. The van der Waals surface area contributed by atoms with Gasteiger partial charge < -0.3 is 20.6 Å². The summed E-state index contributed by atoms with van der Waals surface area (Å²) in [6.07, 6.45) is 2.59. The summed E-state index contributed by atoms with van der Waals surface area (Å²) < 4.78 is 5.06. The third-order valence-corrected chi connectivity index (χ3v) is 1.81. The van der Waals surface area contributed by atoms with Crippen LogP contribution >= 0.6 is 0 Å². The minimum absolute atomic E-state index is 0.387. The number of carbonyl (C=O) groups excluding carboxylic acids is 2. The lowest BCUT2D eigenvalue weighted by molar-refractivity contribution is -0.109. The molecule has 0 aromatic heterocycles. The second-order valence-electron chi connectivity index (χ2n) is 4.72. The zero-order valence-electron chi connectivity index (χ0n) is 10.3. The zero-order chi connectivity index (χ0) is 12.6. The molecule has 0 aliphatic heterocycles. The molecular weight excluding hydrogens is 208 g/mol. The van der Waals surface area contributed by atoms with Gasteiger partial charge in [-0.25, -0.2) is 4.79 Å². The minimum Gasteiger partial charge on any atom is -0.444 e. The Morgan fingerprint density at radius 2 is 2.06 bits per heavy atom. The zero-order valence-corrected chi connectivity index (χ0v) is 10.3. The molecule has 5 heteroatoms. The van der Waals surface area contributed by atoms with Crippen LogP contribution in [0, 0.1) is 0 Å². The van der Waals surface area contributed by atoms with Gasteiger partial charge in [-0.3, -0.25) is 0 Å². The van der Waals surface area contributed by atoms with Crippen LogP contribution in [-0.4, -0.2) is 30.6 Å². The van der Waals surface area contributed by atoms with Crippen molar-refractivity contribution in [3.8, 4) is 0 Å². The molecule has 0 aromatic rings. The fourth-order valence-corrected chi connectivity index (χ4v) is 1.08. The summed E-state index contributed by atoms with van der Waals surface area (Å²) in [7, 11) is 0. The number of ether oxygens (including phenoxy) is 1. The van der Waals surface area contributed by atoms with Crippen molar-refractivity contribution in [3.05, 3.63) is 0 Å². The van der Waals surface area contributed by atoms with Crippen molar-refractivity contribution in [3.63, 3.8) is 0 Å². The van der Waals surface area contributed by atoms with E-state index in [-0.39, 0.29) is 6.04 Å². The van der Waals surface area contributed by atoms with Crippen molar-refractivity contribution >= 4 is 12.4 Å². The first-order valence-corrected chi connectivity index (χ1v) is 5.53. The van der Waals surface area contributed by atoms with Crippen LogP contribution in [0.3, 0.4) is 0 Å². The van der Waals surface area contributed by atoms with Crippen molar-refractivity contribution < 1.29 is 14.3 Å². The van der Waals surface area contributed by atoms with E-state index in [2.05, 4.69) is 5.32 Å². The van der Waals surface area contributed by atoms with Gasteiger partial charge in [-0.2, -0.15) is 0 Å². The molecule has 16 heavy (non-hydrogen) atoms. The molecule has 0 radical (unpaired) electrons. The van der Waals surface area contributed by atoms with Gasteiger partial charge >= 0.3 is 6.09 Å². The van der Waals surface area contributed by atoms with E-state index in [0.717, 1.165) is 19.1 Å². The standard InChI is InChI=1S/C11H22N2O3/c1-11(2,3)16-10(15)13-7-5-4-6-9(12)8-14/h8-9H,4-7,12H2,1-3H3,(H,13,15)/t9-/m0/s1. The number of carbonyl (C=O) groups is 2. The molecule has 0 aliphatic carbocycles. The number of hydrogen-bond donors (Lipinski definition) is 2. The van der Waals surface area contributed by atoms with Crippen LogP contribution < -0.4 is 11.1 Å². The maximum absolute atomic E-state index is 11.2. The number of nitrogens with two attached hydrogens (primary N) is 1.